The quantitative estimate of drug-likeness (QED) is 0.496. The molecule has 6 nitrogen and oxygen atoms in total. The van der Waals surface area contributed by atoms with Crippen molar-refractivity contribution in [2.75, 3.05) is 19.6 Å². The highest BCUT2D eigenvalue weighted by Gasteiger charge is 2.16. The van der Waals surface area contributed by atoms with E-state index in [1.54, 1.807) is 0 Å². The molecule has 1 aliphatic heterocycles. The van der Waals surface area contributed by atoms with Crippen molar-refractivity contribution in [1.82, 2.24) is 25.0 Å². The summed E-state index contributed by atoms with van der Waals surface area (Å²) >= 11 is 0. The number of nitrogens with one attached hydrogen (secondary N) is 1. The second kappa shape index (κ2) is 6.36. The Hall–Kier alpha value is -1.85. The van der Waals surface area contributed by atoms with E-state index in [2.05, 4.69) is 32.0 Å². The molecule has 0 aliphatic carbocycles. The monoisotopic (exact) mass is 262 g/mol. The van der Waals surface area contributed by atoms with Crippen LogP contribution in [0.2, 0.25) is 0 Å². The van der Waals surface area contributed by atoms with Gasteiger partial charge in [-0.05, 0) is 19.8 Å². The molecule has 2 heterocycles. The minimum atomic E-state index is 0.549. The Morgan fingerprint density at radius 2 is 2.16 bits per heavy atom. The van der Waals surface area contributed by atoms with Gasteiger partial charge in [0.1, 0.15) is 12.4 Å². The van der Waals surface area contributed by atoms with Crippen LogP contribution in [-0.2, 0) is 13.6 Å². The smallest absolute Gasteiger partial charge is 0.194 e. The lowest BCUT2D eigenvalue weighted by atomic mass is 10.4. The number of hydrogen-bond acceptors (Lipinski definition) is 3. The molecule has 1 saturated heterocycles. The topological polar surface area (TPSA) is 58.3 Å². The van der Waals surface area contributed by atoms with Crippen molar-refractivity contribution in [2.24, 2.45) is 12.0 Å². The molecule has 0 saturated carbocycles. The van der Waals surface area contributed by atoms with Gasteiger partial charge in [0.15, 0.2) is 11.8 Å². The van der Waals surface area contributed by atoms with Crippen LogP contribution in [0.3, 0.4) is 0 Å². The highest BCUT2D eigenvalue weighted by molar-refractivity contribution is 5.80. The first-order valence-electron chi connectivity index (χ1n) is 6.71. The fraction of sp³-hybridized carbons (Fsp3) is 0.615. The SMILES string of the molecule is C=CCNC(=NCc1nnc(C)n1C)N1CCCC1. The highest BCUT2D eigenvalue weighted by Crippen LogP contribution is 2.08. The number of aryl methyl sites for hydroxylation is 1. The average Bonchev–Trinajstić information content (AvgIpc) is 3.03. The van der Waals surface area contributed by atoms with Crippen LogP contribution >= 0.6 is 0 Å². The van der Waals surface area contributed by atoms with E-state index in [0.29, 0.717) is 6.54 Å². The Bertz CT molecular complexity index is 456. The maximum absolute atomic E-state index is 4.65. The average molecular weight is 262 g/mol. The van der Waals surface area contributed by atoms with Crippen molar-refractivity contribution in [3.05, 3.63) is 24.3 Å². The molecule has 1 aromatic rings. The van der Waals surface area contributed by atoms with E-state index in [4.69, 9.17) is 0 Å². The highest BCUT2D eigenvalue weighted by atomic mass is 15.3. The molecular formula is C13H22N6. The molecule has 104 valence electrons. The summed E-state index contributed by atoms with van der Waals surface area (Å²) in [5, 5.41) is 11.5. The molecule has 0 bridgehead atoms. The van der Waals surface area contributed by atoms with Gasteiger partial charge < -0.3 is 14.8 Å². The van der Waals surface area contributed by atoms with Crippen LogP contribution in [0.5, 0.6) is 0 Å². The van der Waals surface area contributed by atoms with E-state index >= 15 is 0 Å². The Balaban J connectivity index is 2.06. The van der Waals surface area contributed by atoms with Crippen molar-refractivity contribution < 1.29 is 0 Å². The number of likely N-dealkylation sites (tertiary alicyclic amines) is 1. The van der Waals surface area contributed by atoms with Crippen molar-refractivity contribution in [3.8, 4) is 0 Å². The summed E-state index contributed by atoms with van der Waals surface area (Å²) in [5.74, 6) is 2.74. The second-order valence-corrected chi connectivity index (χ2v) is 4.73. The number of aromatic nitrogens is 3. The van der Waals surface area contributed by atoms with E-state index in [-0.39, 0.29) is 0 Å². The lowest BCUT2D eigenvalue weighted by Gasteiger charge is -2.20. The Kier molecular flexibility index (Phi) is 4.54. The summed E-state index contributed by atoms with van der Waals surface area (Å²) in [4.78, 5) is 6.93. The number of nitrogens with zero attached hydrogens (tertiary/aromatic N) is 5. The number of rotatable bonds is 4. The molecule has 0 spiro atoms. The van der Waals surface area contributed by atoms with Crippen LogP contribution in [0.25, 0.3) is 0 Å². The molecule has 0 radical (unpaired) electrons. The predicted octanol–water partition coefficient (Wildman–Crippen LogP) is 0.851. The molecule has 1 aromatic heterocycles. The third-order valence-electron chi connectivity index (χ3n) is 3.36. The molecule has 2 rings (SSSR count). The predicted molar refractivity (Wildman–Crippen MR) is 75.9 cm³/mol. The molecule has 1 fully saturated rings. The maximum Gasteiger partial charge on any atom is 0.194 e. The summed E-state index contributed by atoms with van der Waals surface area (Å²) in [6, 6.07) is 0. The fourth-order valence-corrected chi connectivity index (χ4v) is 2.09. The van der Waals surface area contributed by atoms with Gasteiger partial charge in [-0.25, -0.2) is 4.99 Å². The Morgan fingerprint density at radius 3 is 2.74 bits per heavy atom. The van der Waals surface area contributed by atoms with Crippen LogP contribution in [-0.4, -0.2) is 45.3 Å². The first-order chi connectivity index (χ1) is 9.22. The van der Waals surface area contributed by atoms with Crippen LogP contribution in [0.1, 0.15) is 24.5 Å². The third-order valence-corrected chi connectivity index (χ3v) is 3.36. The van der Waals surface area contributed by atoms with Gasteiger partial charge in [0.05, 0.1) is 0 Å². The van der Waals surface area contributed by atoms with Gasteiger partial charge in [-0.2, -0.15) is 0 Å². The normalized spacial score (nSPS) is 15.9. The molecule has 1 N–H and O–H groups in total. The first kappa shape index (κ1) is 13.6. The van der Waals surface area contributed by atoms with Crippen molar-refractivity contribution >= 4 is 5.96 Å². The first-order valence-corrected chi connectivity index (χ1v) is 6.71. The van der Waals surface area contributed by atoms with Gasteiger partial charge in [0, 0.05) is 26.7 Å². The molecule has 0 aromatic carbocycles. The lowest BCUT2D eigenvalue weighted by molar-refractivity contribution is 0.494. The van der Waals surface area contributed by atoms with Gasteiger partial charge in [-0.1, -0.05) is 6.08 Å². The summed E-state index contributed by atoms with van der Waals surface area (Å²) < 4.78 is 1.97. The van der Waals surface area contributed by atoms with Crippen LogP contribution in [0.15, 0.2) is 17.6 Å². The minimum absolute atomic E-state index is 0.549. The zero-order chi connectivity index (χ0) is 13.7. The van der Waals surface area contributed by atoms with Gasteiger partial charge in [0.2, 0.25) is 0 Å². The number of guanidine groups is 1. The molecule has 0 unspecified atom stereocenters. The number of aliphatic imine (C=N–C) groups is 1. The van der Waals surface area contributed by atoms with Crippen LogP contribution < -0.4 is 5.32 Å². The maximum atomic E-state index is 4.65. The Morgan fingerprint density at radius 1 is 1.42 bits per heavy atom. The fourth-order valence-electron chi connectivity index (χ4n) is 2.09. The molecule has 1 aliphatic rings. The van der Waals surface area contributed by atoms with Crippen molar-refractivity contribution in [1.29, 1.82) is 0 Å². The zero-order valence-electron chi connectivity index (χ0n) is 11.8. The van der Waals surface area contributed by atoms with E-state index in [9.17, 15) is 0 Å². The van der Waals surface area contributed by atoms with Gasteiger partial charge in [0.25, 0.3) is 0 Å². The zero-order valence-corrected chi connectivity index (χ0v) is 11.8. The summed E-state index contributed by atoms with van der Waals surface area (Å²) in [6.45, 7) is 9.09. The molecule has 6 heteroatoms. The molecular weight excluding hydrogens is 240 g/mol. The standard InChI is InChI=1S/C13H22N6/c1-4-7-14-13(19-8-5-6-9-19)15-10-12-17-16-11(2)18(12)3/h4H,1,5-10H2,2-3H3,(H,14,15). The summed E-state index contributed by atoms with van der Waals surface area (Å²) in [7, 11) is 1.97. The summed E-state index contributed by atoms with van der Waals surface area (Å²) in [6.07, 6.45) is 4.31. The van der Waals surface area contributed by atoms with Crippen molar-refractivity contribution in [2.45, 2.75) is 26.3 Å². The molecule has 0 atom stereocenters. The van der Waals surface area contributed by atoms with Crippen LogP contribution in [0.4, 0.5) is 0 Å². The third kappa shape index (κ3) is 3.33. The van der Waals surface area contributed by atoms with Gasteiger partial charge >= 0.3 is 0 Å². The van der Waals surface area contributed by atoms with E-state index in [1.165, 1.54) is 12.8 Å². The van der Waals surface area contributed by atoms with E-state index in [1.807, 2.05) is 24.6 Å². The minimum Gasteiger partial charge on any atom is -0.353 e. The second-order valence-electron chi connectivity index (χ2n) is 4.73. The van der Waals surface area contributed by atoms with E-state index < -0.39 is 0 Å². The van der Waals surface area contributed by atoms with E-state index in [0.717, 1.165) is 37.2 Å². The Labute approximate surface area is 114 Å². The largest absolute Gasteiger partial charge is 0.353 e. The molecule has 19 heavy (non-hydrogen) atoms. The lowest BCUT2D eigenvalue weighted by Crippen LogP contribution is -2.39. The van der Waals surface area contributed by atoms with Gasteiger partial charge in [-0.3, -0.25) is 0 Å². The molecule has 0 amide bonds. The van der Waals surface area contributed by atoms with Crippen molar-refractivity contribution in [3.63, 3.8) is 0 Å². The number of hydrogen-bond donors (Lipinski definition) is 1. The van der Waals surface area contributed by atoms with Gasteiger partial charge in [-0.15, -0.1) is 16.8 Å². The van der Waals surface area contributed by atoms with Crippen LogP contribution in [0, 0.1) is 6.92 Å². The summed E-state index contributed by atoms with van der Waals surface area (Å²) in [5.41, 5.74) is 0.